The summed E-state index contributed by atoms with van der Waals surface area (Å²) in [5.74, 6) is 0. The van der Waals surface area contributed by atoms with Crippen molar-refractivity contribution in [2.75, 3.05) is 0 Å². The first kappa shape index (κ1) is 12.5. The van der Waals surface area contributed by atoms with Gasteiger partial charge in [-0.25, -0.2) is 0 Å². The maximum atomic E-state index is 10.2. The van der Waals surface area contributed by atoms with E-state index in [1.165, 1.54) is 3.57 Å². The van der Waals surface area contributed by atoms with Crippen LogP contribution in [0.4, 0.5) is 0 Å². The van der Waals surface area contributed by atoms with Gasteiger partial charge in [0.15, 0.2) is 0 Å². The lowest BCUT2D eigenvalue weighted by Gasteiger charge is -2.12. The third-order valence-electron chi connectivity index (χ3n) is 2.71. The van der Waals surface area contributed by atoms with Gasteiger partial charge < -0.3 is 5.11 Å². The Hall–Kier alpha value is -0.940. The van der Waals surface area contributed by atoms with Crippen molar-refractivity contribution >= 4 is 22.6 Å². The van der Waals surface area contributed by atoms with Crippen LogP contribution in [0.1, 0.15) is 22.9 Å². The molecule has 0 aliphatic carbocycles. The highest BCUT2D eigenvalue weighted by Gasteiger charge is 2.12. The van der Waals surface area contributed by atoms with E-state index in [9.17, 15) is 5.11 Å². The molecule has 17 heavy (non-hydrogen) atoms. The normalized spacial score (nSPS) is 12.4. The first-order valence-corrected chi connectivity index (χ1v) is 6.58. The van der Waals surface area contributed by atoms with E-state index in [0.29, 0.717) is 6.42 Å². The number of aromatic nitrogens is 1. The zero-order valence-electron chi connectivity index (χ0n) is 9.60. The van der Waals surface area contributed by atoms with Crippen molar-refractivity contribution in [1.29, 1.82) is 0 Å². The minimum absolute atomic E-state index is 0.531. The van der Waals surface area contributed by atoms with Crippen molar-refractivity contribution in [3.05, 3.63) is 63.0 Å². The molecule has 1 aromatic carbocycles. The predicted octanol–water partition coefficient (Wildman–Crippen LogP) is 3.27. The fourth-order valence-corrected chi connectivity index (χ4v) is 2.15. The molecule has 0 amide bonds. The van der Waals surface area contributed by atoms with E-state index >= 15 is 0 Å². The van der Waals surface area contributed by atoms with Gasteiger partial charge in [0, 0.05) is 16.2 Å². The second-order valence-electron chi connectivity index (χ2n) is 4.05. The molecule has 1 atom stereocenters. The molecule has 2 rings (SSSR count). The minimum atomic E-state index is -0.531. The Kier molecular flexibility index (Phi) is 4.12. The Morgan fingerprint density at radius 1 is 1.24 bits per heavy atom. The molecule has 1 heterocycles. The van der Waals surface area contributed by atoms with E-state index in [1.807, 2.05) is 43.3 Å². The van der Waals surface area contributed by atoms with Crippen molar-refractivity contribution in [1.82, 2.24) is 4.98 Å². The molecule has 0 fully saturated rings. The van der Waals surface area contributed by atoms with Gasteiger partial charge in [0.05, 0.1) is 5.69 Å². The number of aliphatic hydroxyl groups excluding tert-OH is 1. The van der Waals surface area contributed by atoms with E-state index in [2.05, 4.69) is 27.6 Å². The van der Waals surface area contributed by atoms with Crippen LogP contribution in [0.5, 0.6) is 0 Å². The van der Waals surface area contributed by atoms with E-state index < -0.39 is 6.10 Å². The molecule has 88 valence electrons. The maximum absolute atomic E-state index is 10.2. The predicted molar refractivity (Wildman–Crippen MR) is 76.8 cm³/mol. The summed E-state index contributed by atoms with van der Waals surface area (Å²) in [6.07, 6.45) is 1.80. The SMILES string of the molecule is Cc1cccnc1C(O)Cc1ccc(I)cc1. The highest BCUT2D eigenvalue weighted by molar-refractivity contribution is 14.1. The summed E-state index contributed by atoms with van der Waals surface area (Å²) in [5, 5.41) is 10.2. The average Bonchev–Trinajstić information content (AvgIpc) is 2.32. The highest BCUT2D eigenvalue weighted by atomic mass is 127. The molecule has 1 unspecified atom stereocenters. The molecule has 0 spiro atoms. The van der Waals surface area contributed by atoms with Gasteiger partial charge in [-0.05, 0) is 58.8 Å². The van der Waals surface area contributed by atoms with Crippen LogP contribution in [0, 0.1) is 10.5 Å². The van der Waals surface area contributed by atoms with Gasteiger partial charge >= 0.3 is 0 Å². The molecular weight excluding hydrogens is 325 g/mol. The second kappa shape index (κ2) is 5.60. The summed E-state index contributed by atoms with van der Waals surface area (Å²) in [7, 11) is 0. The number of rotatable bonds is 3. The lowest BCUT2D eigenvalue weighted by Crippen LogP contribution is -2.06. The molecule has 0 bridgehead atoms. The van der Waals surface area contributed by atoms with Crippen LogP contribution in [0.2, 0.25) is 0 Å². The van der Waals surface area contributed by atoms with Gasteiger partial charge in [0.2, 0.25) is 0 Å². The summed E-state index contributed by atoms with van der Waals surface area (Å²) in [6.45, 7) is 1.97. The van der Waals surface area contributed by atoms with Crippen LogP contribution >= 0.6 is 22.6 Å². The van der Waals surface area contributed by atoms with Crippen molar-refractivity contribution in [2.45, 2.75) is 19.4 Å². The third-order valence-corrected chi connectivity index (χ3v) is 3.43. The number of pyridine rings is 1. The fraction of sp³-hybridized carbons (Fsp3) is 0.214. The van der Waals surface area contributed by atoms with Gasteiger partial charge in [-0.15, -0.1) is 0 Å². The third kappa shape index (κ3) is 3.26. The van der Waals surface area contributed by atoms with Crippen molar-refractivity contribution < 1.29 is 5.11 Å². The van der Waals surface area contributed by atoms with Crippen molar-refractivity contribution in [3.63, 3.8) is 0 Å². The standard InChI is InChI=1S/C14H14INO/c1-10-3-2-8-16-14(10)13(17)9-11-4-6-12(15)7-5-11/h2-8,13,17H,9H2,1H3. The summed E-state index contributed by atoms with van der Waals surface area (Å²) >= 11 is 2.27. The van der Waals surface area contributed by atoms with E-state index in [-0.39, 0.29) is 0 Å². The number of halogens is 1. The highest BCUT2D eigenvalue weighted by Crippen LogP contribution is 2.19. The van der Waals surface area contributed by atoms with Crippen LogP contribution in [0.15, 0.2) is 42.6 Å². The molecule has 0 saturated heterocycles. The Balaban J connectivity index is 2.14. The molecule has 0 saturated carbocycles. The lowest BCUT2D eigenvalue weighted by atomic mass is 10.0. The molecule has 1 N–H and O–H groups in total. The molecule has 0 radical (unpaired) electrons. The zero-order chi connectivity index (χ0) is 12.3. The van der Waals surface area contributed by atoms with Crippen LogP contribution in [0.25, 0.3) is 0 Å². The Labute approximate surface area is 115 Å². The second-order valence-corrected chi connectivity index (χ2v) is 5.30. The zero-order valence-corrected chi connectivity index (χ0v) is 11.8. The molecular formula is C14H14INO. The monoisotopic (exact) mass is 339 g/mol. The van der Waals surface area contributed by atoms with Crippen LogP contribution < -0.4 is 0 Å². The summed E-state index contributed by atoms with van der Waals surface area (Å²) < 4.78 is 1.20. The average molecular weight is 339 g/mol. The Morgan fingerprint density at radius 2 is 1.94 bits per heavy atom. The van der Waals surface area contributed by atoms with Gasteiger partial charge in [0.25, 0.3) is 0 Å². The maximum Gasteiger partial charge on any atom is 0.100 e. The summed E-state index contributed by atoms with van der Waals surface area (Å²) in [4.78, 5) is 4.24. The molecule has 1 aromatic heterocycles. The molecule has 2 aromatic rings. The Bertz CT molecular complexity index is 496. The Morgan fingerprint density at radius 3 is 2.59 bits per heavy atom. The molecule has 3 heteroatoms. The smallest absolute Gasteiger partial charge is 0.100 e. The van der Waals surface area contributed by atoms with E-state index in [4.69, 9.17) is 0 Å². The number of nitrogens with zero attached hydrogens (tertiary/aromatic N) is 1. The topological polar surface area (TPSA) is 33.1 Å². The van der Waals surface area contributed by atoms with E-state index in [1.54, 1.807) is 6.20 Å². The fourth-order valence-electron chi connectivity index (χ4n) is 1.79. The number of hydrogen-bond donors (Lipinski definition) is 1. The first-order valence-electron chi connectivity index (χ1n) is 5.51. The number of benzene rings is 1. The van der Waals surface area contributed by atoms with Crippen molar-refractivity contribution in [2.24, 2.45) is 0 Å². The van der Waals surface area contributed by atoms with Crippen LogP contribution in [-0.2, 0) is 6.42 Å². The first-order chi connectivity index (χ1) is 8.16. The van der Waals surface area contributed by atoms with E-state index in [0.717, 1.165) is 16.8 Å². The number of aryl methyl sites for hydroxylation is 1. The molecule has 0 aliphatic heterocycles. The van der Waals surface area contributed by atoms with Gasteiger partial charge in [-0.1, -0.05) is 18.2 Å². The number of hydrogen-bond acceptors (Lipinski definition) is 2. The minimum Gasteiger partial charge on any atom is -0.386 e. The molecule has 0 aliphatic rings. The van der Waals surface area contributed by atoms with Gasteiger partial charge in [-0.2, -0.15) is 0 Å². The van der Waals surface area contributed by atoms with Crippen LogP contribution in [0.3, 0.4) is 0 Å². The quantitative estimate of drug-likeness (QED) is 0.871. The molecule has 2 nitrogen and oxygen atoms in total. The largest absolute Gasteiger partial charge is 0.386 e. The van der Waals surface area contributed by atoms with Gasteiger partial charge in [-0.3, -0.25) is 4.98 Å². The number of aliphatic hydroxyl groups is 1. The van der Waals surface area contributed by atoms with Gasteiger partial charge in [0.1, 0.15) is 6.10 Å². The summed E-state index contributed by atoms with van der Waals surface area (Å²) in [6, 6.07) is 12.0. The lowest BCUT2D eigenvalue weighted by molar-refractivity contribution is 0.173. The van der Waals surface area contributed by atoms with Crippen LogP contribution in [-0.4, -0.2) is 10.1 Å². The summed E-state index contributed by atoms with van der Waals surface area (Å²) in [5.41, 5.74) is 2.93. The van der Waals surface area contributed by atoms with Crippen molar-refractivity contribution in [3.8, 4) is 0 Å².